The molecule has 6 rings (SSSR count). The quantitative estimate of drug-likeness (QED) is 0.609. The van der Waals surface area contributed by atoms with Crippen LogP contribution in [0.15, 0.2) is 0 Å². The molecule has 4 saturated carbocycles. The molecule has 2 N–H and O–H groups in total. The molecule has 13 atom stereocenters. The van der Waals surface area contributed by atoms with E-state index in [1.54, 1.807) is 0 Å². The summed E-state index contributed by atoms with van der Waals surface area (Å²) in [6.07, 6.45) is 10.7. The van der Waals surface area contributed by atoms with Crippen molar-refractivity contribution >= 4 is 0 Å². The van der Waals surface area contributed by atoms with Crippen LogP contribution in [0.1, 0.15) is 78.6 Å². The van der Waals surface area contributed by atoms with Gasteiger partial charge < -0.3 is 10.2 Å². The first-order valence-corrected chi connectivity index (χ1v) is 13.5. The Kier molecular flexibility index (Phi) is 4.91. The van der Waals surface area contributed by atoms with Crippen molar-refractivity contribution in [2.45, 2.75) is 96.8 Å². The summed E-state index contributed by atoms with van der Waals surface area (Å²) in [5.41, 5.74) is 0.261. The molecule has 0 radical (unpaired) electrons. The molecule has 0 aromatic carbocycles. The SMILES string of the molecule is C[C@@H]1CC[C@H]2[C@H](C)[C@@H]3CC[C@@H]4[C@@H](C[C@H]5[C@H]4C[C@@H](O)[C@H]4C[C@@H](O)CC[C@@]45C)[C@@H]3CN2C1. The van der Waals surface area contributed by atoms with E-state index in [1.807, 2.05) is 0 Å². The monoisotopic (exact) mass is 415 g/mol. The maximum absolute atomic E-state index is 11.2. The number of hydrogen-bond acceptors (Lipinski definition) is 3. The second kappa shape index (κ2) is 7.19. The van der Waals surface area contributed by atoms with Crippen molar-refractivity contribution in [1.29, 1.82) is 0 Å². The van der Waals surface area contributed by atoms with Gasteiger partial charge in [-0.05, 0) is 116 Å². The van der Waals surface area contributed by atoms with Gasteiger partial charge in [0.15, 0.2) is 0 Å². The van der Waals surface area contributed by atoms with Crippen LogP contribution < -0.4 is 0 Å². The molecule has 0 spiro atoms. The van der Waals surface area contributed by atoms with E-state index in [2.05, 4.69) is 25.7 Å². The molecule has 6 aliphatic rings. The van der Waals surface area contributed by atoms with Crippen LogP contribution >= 0.6 is 0 Å². The third-order valence-electron chi connectivity index (χ3n) is 12.0. The maximum atomic E-state index is 11.2. The van der Waals surface area contributed by atoms with Gasteiger partial charge in [0.2, 0.25) is 0 Å². The molecule has 0 aromatic heterocycles. The molecule has 0 aromatic rings. The van der Waals surface area contributed by atoms with Gasteiger partial charge in [0.05, 0.1) is 12.2 Å². The van der Waals surface area contributed by atoms with E-state index >= 15 is 0 Å². The van der Waals surface area contributed by atoms with Crippen LogP contribution in [0.5, 0.6) is 0 Å². The van der Waals surface area contributed by atoms with Crippen LogP contribution in [0.3, 0.4) is 0 Å². The zero-order valence-corrected chi connectivity index (χ0v) is 19.5. The van der Waals surface area contributed by atoms with Crippen molar-refractivity contribution in [3.63, 3.8) is 0 Å². The minimum atomic E-state index is -0.181. The van der Waals surface area contributed by atoms with Crippen molar-refractivity contribution in [3.05, 3.63) is 0 Å². The number of aliphatic hydroxyl groups is 2. The van der Waals surface area contributed by atoms with Gasteiger partial charge in [-0.1, -0.05) is 20.8 Å². The lowest BCUT2D eigenvalue weighted by Crippen LogP contribution is -2.58. The highest BCUT2D eigenvalue weighted by molar-refractivity contribution is 5.12. The summed E-state index contributed by atoms with van der Waals surface area (Å²) in [5, 5.41) is 21.5. The van der Waals surface area contributed by atoms with Gasteiger partial charge in [-0.15, -0.1) is 0 Å². The van der Waals surface area contributed by atoms with Gasteiger partial charge in [-0.3, -0.25) is 4.90 Å². The van der Waals surface area contributed by atoms with Gasteiger partial charge >= 0.3 is 0 Å². The lowest BCUT2D eigenvalue weighted by Gasteiger charge is -2.56. The van der Waals surface area contributed by atoms with Crippen molar-refractivity contribution in [2.75, 3.05) is 13.1 Å². The number of hydrogen-bond donors (Lipinski definition) is 2. The Labute approximate surface area is 184 Å². The van der Waals surface area contributed by atoms with E-state index in [4.69, 9.17) is 0 Å². The van der Waals surface area contributed by atoms with Gasteiger partial charge in [-0.25, -0.2) is 0 Å². The number of piperidine rings is 2. The van der Waals surface area contributed by atoms with Gasteiger partial charge in [0.1, 0.15) is 0 Å². The first kappa shape index (κ1) is 20.5. The molecule has 2 saturated heterocycles. The minimum absolute atomic E-state index is 0.180. The first-order valence-electron chi connectivity index (χ1n) is 13.5. The third kappa shape index (κ3) is 2.86. The number of fused-ring (bicyclic) bond motifs is 8. The zero-order valence-electron chi connectivity index (χ0n) is 19.5. The summed E-state index contributed by atoms with van der Waals surface area (Å²) in [7, 11) is 0. The smallest absolute Gasteiger partial charge is 0.0577 e. The lowest BCUT2D eigenvalue weighted by molar-refractivity contribution is -0.130. The van der Waals surface area contributed by atoms with Crippen molar-refractivity contribution < 1.29 is 10.2 Å². The number of nitrogens with zero attached hydrogens (tertiary/aromatic N) is 1. The van der Waals surface area contributed by atoms with Crippen LogP contribution in [0, 0.1) is 58.7 Å². The van der Waals surface area contributed by atoms with E-state index in [1.165, 1.54) is 45.2 Å². The predicted molar refractivity (Wildman–Crippen MR) is 120 cm³/mol. The molecular formula is C27H45NO2. The molecule has 0 amide bonds. The van der Waals surface area contributed by atoms with Crippen LogP contribution in [0.4, 0.5) is 0 Å². The fourth-order valence-corrected chi connectivity index (χ4v) is 10.6. The molecular weight excluding hydrogens is 370 g/mol. The second-order valence-electron chi connectivity index (χ2n) is 13.1. The fraction of sp³-hybridized carbons (Fsp3) is 1.00. The molecule has 0 unspecified atom stereocenters. The first-order chi connectivity index (χ1) is 14.4. The number of aliphatic hydroxyl groups excluding tert-OH is 2. The Morgan fingerprint density at radius 3 is 2.37 bits per heavy atom. The average Bonchev–Trinajstić information content (AvgIpc) is 3.09. The van der Waals surface area contributed by atoms with Crippen LogP contribution in [-0.4, -0.2) is 46.5 Å². The molecule has 3 nitrogen and oxygen atoms in total. The summed E-state index contributed by atoms with van der Waals surface area (Å²) >= 11 is 0. The normalized spacial score (nSPS) is 60.7. The van der Waals surface area contributed by atoms with Gasteiger partial charge in [-0.2, -0.15) is 0 Å². The van der Waals surface area contributed by atoms with Crippen LogP contribution in [0.2, 0.25) is 0 Å². The summed E-state index contributed by atoms with van der Waals surface area (Å²) < 4.78 is 0. The summed E-state index contributed by atoms with van der Waals surface area (Å²) in [4.78, 5) is 2.92. The average molecular weight is 416 g/mol. The Hall–Kier alpha value is -0.120. The molecule has 4 aliphatic carbocycles. The van der Waals surface area contributed by atoms with E-state index in [9.17, 15) is 10.2 Å². The molecule has 170 valence electrons. The van der Waals surface area contributed by atoms with E-state index in [0.717, 1.165) is 79.1 Å². The molecule has 2 aliphatic heterocycles. The van der Waals surface area contributed by atoms with Gasteiger partial charge in [0, 0.05) is 19.1 Å². The summed E-state index contributed by atoms with van der Waals surface area (Å²) in [5.74, 6) is 7.22. The second-order valence-corrected chi connectivity index (χ2v) is 13.1. The molecule has 30 heavy (non-hydrogen) atoms. The Balaban J connectivity index is 1.28. The summed E-state index contributed by atoms with van der Waals surface area (Å²) in [6.45, 7) is 10.3. The predicted octanol–water partition coefficient (Wildman–Crippen LogP) is 4.56. The highest BCUT2D eigenvalue weighted by Gasteiger charge is 2.62. The van der Waals surface area contributed by atoms with Crippen molar-refractivity contribution in [2.24, 2.45) is 58.7 Å². The maximum Gasteiger partial charge on any atom is 0.0577 e. The van der Waals surface area contributed by atoms with Crippen LogP contribution in [-0.2, 0) is 0 Å². The van der Waals surface area contributed by atoms with Crippen molar-refractivity contribution in [1.82, 2.24) is 4.90 Å². The van der Waals surface area contributed by atoms with E-state index in [-0.39, 0.29) is 17.6 Å². The molecule has 6 fully saturated rings. The number of rotatable bonds is 0. The molecule has 3 heteroatoms. The topological polar surface area (TPSA) is 43.7 Å². The fourth-order valence-electron chi connectivity index (χ4n) is 10.6. The van der Waals surface area contributed by atoms with Crippen LogP contribution in [0.25, 0.3) is 0 Å². The zero-order chi connectivity index (χ0) is 20.8. The Morgan fingerprint density at radius 1 is 0.733 bits per heavy atom. The van der Waals surface area contributed by atoms with Crippen molar-refractivity contribution in [3.8, 4) is 0 Å². The third-order valence-corrected chi connectivity index (χ3v) is 12.0. The largest absolute Gasteiger partial charge is 0.393 e. The highest BCUT2D eigenvalue weighted by Crippen LogP contribution is 2.67. The Bertz CT molecular complexity index is 665. The highest BCUT2D eigenvalue weighted by atomic mass is 16.3. The molecule has 0 bridgehead atoms. The lowest BCUT2D eigenvalue weighted by atomic mass is 9.51. The van der Waals surface area contributed by atoms with E-state index in [0.29, 0.717) is 5.92 Å². The van der Waals surface area contributed by atoms with Gasteiger partial charge in [0.25, 0.3) is 0 Å². The minimum Gasteiger partial charge on any atom is -0.393 e. The summed E-state index contributed by atoms with van der Waals surface area (Å²) in [6, 6.07) is 0.853. The molecule has 2 heterocycles. The van der Waals surface area contributed by atoms with E-state index < -0.39 is 0 Å². The standard InChI is InChI=1S/C27H45NO2/c1-15-4-7-25-16(2)18-5-6-19-20(22(18)14-28(25)13-15)11-23-21(19)12-26(30)24-10-17(29)8-9-27(23,24)3/h15-26,29-30H,4-14H2,1-3H3/t15-,16-,17+,18+,19-,20-,21+,22-,23+,24-,25+,26-,27-/m1/s1. The Morgan fingerprint density at radius 2 is 1.53 bits per heavy atom.